The van der Waals surface area contributed by atoms with E-state index in [0.717, 1.165) is 62.4 Å². The molecule has 7 nitrogen and oxygen atoms in total. The van der Waals surface area contributed by atoms with Gasteiger partial charge in [0.05, 0.1) is 0 Å². The number of nitrogens with two attached hydrogens (primary N) is 2. The van der Waals surface area contributed by atoms with Crippen LogP contribution in [0.4, 0.5) is 0 Å². The normalized spacial score (nSPS) is 14.6. The summed E-state index contributed by atoms with van der Waals surface area (Å²) in [6.45, 7) is 13.5. The smallest absolute Gasteiger partial charge is 0.251 e. The number of allylic oxidation sites excluding steroid dienone is 1. The minimum atomic E-state index is -0.352. The summed E-state index contributed by atoms with van der Waals surface area (Å²) in [6.07, 6.45) is 9.76. The number of rotatable bonds is 9. The summed E-state index contributed by atoms with van der Waals surface area (Å²) in [5.41, 5.74) is 15.0. The standard InChI is InChI=1S/C19H27N3O.C14H14O.C6H14N2/c1-3-7-17-14-22(20-17)18(16-8-5-4-6-9-16)19(23)21-12-10-15(2)11-13-21;1-11(15)6-7-12-8-9-13-4-2-3-5-14(13)10-12;1-4-5(7)6(2,3)8/h4-6,8-9,14-15,18,20H,3,7,10-13H2,1-2H3;2-5,8-10H,6-7H2,1H3;4H,7-8H2,1-3H3/b;;5-4-. The van der Waals surface area contributed by atoms with E-state index >= 15 is 0 Å². The van der Waals surface area contributed by atoms with Crippen molar-refractivity contribution in [3.63, 3.8) is 0 Å². The highest BCUT2D eigenvalue weighted by Gasteiger charge is 2.30. The molecule has 0 radical (unpaired) electrons. The zero-order valence-electron chi connectivity index (χ0n) is 28.8. The quantitative estimate of drug-likeness (QED) is 0.178. The zero-order valence-corrected chi connectivity index (χ0v) is 28.8. The fourth-order valence-electron chi connectivity index (χ4n) is 5.40. The molecule has 248 valence electrons. The average molecular weight is 626 g/mol. The van der Waals surface area contributed by atoms with Crippen LogP contribution in [0.3, 0.4) is 0 Å². The molecule has 1 saturated heterocycles. The van der Waals surface area contributed by atoms with Crippen LogP contribution in [-0.4, -0.2) is 45.0 Å². The lowest BCUT2D eigenvalue weighted by atomic mass is 9.97. The molecule has 0 spiro atoms. The largest absolute Gasteiger partial charge is 0.401 e. The number of aromatic nitrogens is 2. The van der Waals surface area contributed by atoms with Crippen molar-refractivity contribution in [2.24, 2.45) is 17.4 Å². The van der Waals surface area contributed by atoms with Gasteiger partial charge in [0, 0.05) is 42.6 Å². The van der Waals surface area contributed by atoms with Crippen molar-refractivity contribution in [2.75, 3.05) is 13.1 Å². The second-order valence-electron chi connectivity index (χ2n) is 13.1. The number of benzene rings is 3. The minimum Gasteiger partial charge on any atom is -0.401 e. The van der Waals surface area contributed by atoms with Crippen LogP contribution >= 0.6 is 0 Å². The fraction of sp³-hybridized carbons (Fsp3) is 0.436. The number of carbonyl (C=O) groups excluding carboxylic acids is 2. The number of aryl methyl sites for hydroxylation is 2. The van der Waals surface area contributed by atoms with Crippen LogP contribution in [0.1, 0.15) is 90.1 Å². The first-order valence-corrected chi connectivity index (χ1v) is 16.7. The van der Waals surface area contributed by atoms with E-state index in [1.165, 1.54) is 22.0 Å². The summed E-state index contributed by atoms with van der Waals surface area (Å²) >= 11 is 0. The summed E-state index contributed by atoms with van der Waals surface area (Å²) in [4.78, 5) is 26.0. The van der Waals surface area contributed by atoms with Crippen LogP contribution < -0.4 is 11.5 Å². The Morgan fingerprint density at radius 2 is 1.59 bits per heavy atom. The van der Waals surface area contributed by atoms with Gasteiger partial charge in [-0.05, 0) is 81.2 Å². The minimum absolute atomic E-state index is 0.211. The Labute approximate surface area is 276 Å². The molecule has 1 amide bonds. The maximum Gasteiger partial charge on any atom is 0.251 e. The number of hydrogen-bond donors (Lipinski definition) is 3. The Kier molecular flexibility index (Phi) is 13.9. The lowest BCUT2D eigenvalue weighted by molar-refractivity contribution is -0.135. The molecule has 46 heavy (non-hydrogen) atoms. The number of aromatic amines is 1. The number of H-pyrrole nitrogens is 1. The van der Waals surface area contributed by atoms with Gasteiger partial charge in [0.25, 0.3) is 5.91 Å². The highest BCUT2D eigenvalue weighted by molar-refractivity contribution is 5.84. The first-order valence-electron chi connectivity index (χ1n) is 16.7. The summed E-state index contributed by atoms with van der Waals surface area (Å²) in [5.74, 6) is 1.19. The summed E-state index contributed by atoms with van der Waals surface area (Å²) in [7, 11) is 0. The predicted octanol–water partition coefficient (Wildman–Crippen LogP) is 7.56. The number of likely N-dealkylation sites (tertiary alicyclic amines) is 1. The molecular formula is C39H55N5O2. The van der Waals surface area contributed by atoms with Gasteiger partial charge in [0.2, 0.25) is 0 Å². The van der Waals surface area contributed by atoms with Gasteiger partial charge in [-0.1, -0.05) is 99.1 Å². The number of nitrogens with zero attached hydrogens (tertiary/aromatic N) is 2. The van der Waals surface area contributed by atoms with E-state index in [1.54, 1.807) is 6.92 Å². The lowest BCUT2D eigenvalue weighted by Crippen LogP contribution is -2.43. The molecular weight excluding hydrogens is 570 g/mol. The number of hydrogen-bond acceptors (Lipinski definition) is 4. The second-order valence-corrected chi connectivity index (χ2v) is 13.1. The third-order valence-electron chi connectivity index (χ3n) is 8.44. The topological polar surface area (TPSA) is 110 Å². The van der Waals surface area contributed by atoms with E-state index in [2.05, 4.69) is 55.5 Å². The van der Waals surface area contributed by atoms with Gasteiger partial charge in [-0.3, -0.25) is 9.48 Å². The van der Waals surface area contributed by atoms with E-state index < -0.39 is 0 Å². The van der Waals surface area contributed by atoms with E-state index in [1.807, 2.05) is 78.9 Å². The van der Waals surface area contributed by atoms with E-state index in [0.29, 0.717) is 6.42 Å². The van der Waals surface area contributed by atoms with Crippen LogP contribution in [0.5, 0.6) is 0 Å². The van der Waals surface area contributed by atoms with Crippen molar-refractivity contribution in [3.8, 4) is 0 Å². The Balaban J connectivity index is 0.000000214. The third-order valence-corrected chi connectivity index (χ3v) is 8.44. The van der Waals surface area contributed by atoms with Crippen molar-refractivity contribution in [2.45, 2.75) is 91.6 Å². The molecule has 0 bridgehead atoms. The molecule has 1 aliphatic heterocycles. The van der Waals surface area contributed by atoms with Crippen LogP contribution in [0.25, 0.3) is 10.8 Å². The Hall–Kier alpha value is -4.10. The Morgan fingerprint density at radius 3 is 2.13 bits per heavy atom. The number of Topliss-reactive ketones (excluding diaryl/α,β-unsaturated/α-hetero) is 1. The van der Waals surface area contributed by atoms with E-state index in [-0.39, 0.29) is 23.3 Å². The Bertz CT molecular complexity index is 1520. The Morgan fingerprint density at radius 1 is 0.978 bits per heavy atom. The number of amides is 1. The SMILES string of the molecule is C/C=C(\N)C(C)(C)N.CC(=O)CCc1ccc2ccccc2c1.CCCc1cn(C(C(=O)N2CCC(C)CC2)c2ccccc2)[nH]1. The van der Waals surface area contributed by atoms with Crippen molar-refractivity contribution >= 4 is 22.5 Å². The number of fused-ring (bicyclic) bond motifs is 1. The van der Waals surface area contributed by atoms with E-state index in [4.69, 9.17) is 11.5 Å². The summed E-state index contributed by atoms with van der Waals surface area (Å²) < 4.78 is 1.97. The number of nitrogens with one attached hydrogen (secondary N) is 1. The molecule has 2 heterocycles. The van der Waals surface area contributed by atoms with Gasteiger partial charge in [0.15, 0.2) is 6.04 Å². The first-order chi connectivity index (χ1) is 21.9. The van der Waals surface area contributed by atoms with Crippen molar-refractivity contribution in [1.29, 1.82) is 0 Å². The van der Waals surface area contributed by atoms with Gasteiger partial charge < -0.3 is 26.3 Å². The molecule has 1 unspecified atom stereocenters. The highest BCUT2D eigenvalue weighted by atomic mass is 16.2. The average Bonchev–Trinajstić information content (AvgIpc) is 3.03. The van der Waals surface area contributed by atoms with E-state index in [9.17, 15) is 9.59 Å². The van der Waals surface area contributed by atoms with Gasteiger partial charge in [0.1, 0.15) is 5.78 Å². The summed E-state index contributed by atoms with van der Waals surface area (Å²) in [6, 6.07) is 24.5. The fourth-order valence-corrected chi connectivity index (χ4v) is 5.40. The predicted molar refractivity (Wildman–Crippen MR) is 191 cm³/mol. The molecule has 0 saturated carbocycles. The molecule has 1 aromatic heterocycles. The maximum atomic E-state index is 13.1. The van der Waals surface area contributed by atoms with Crippen LogP contribution in [0, 0.1) is 5.92 Å². The molecule has 0 aliphatic carbocycles. The zero-order chi connectivity index (χ0) is 33.7. The number of carbonyl (C=O) groups is 2. The van der Waals surface area contributed by atoms with Crippen molar-refractivity contribution in [1.82, 2.24) is 14.7 Å². The second kappa shape index (κ2) is 17.6. The molecule has 7 heteroatoms. The molecule has 1 aliphatic rings. The van der Waals surface area contributed by atoms with Gasteiger partial charge in [-0.2, -0.15) is 0 Å². The number of ketones is 1. The molecule has 3 aromatic carbocycles. The molecule has 5 rings (SSSR count). The number of piperidine rings is 1. The molecule has 5 N–H and O–H groups in total. The molecule has 1 fully saturated rings. The summed E-state index contributed by atoms with van der Waals surface area (Å²) in [5, 5.41) is 5.86. The molecule has 4 aromatic rings. The van der Waals surface area contributed by atoms with Crippen LogP contribution in [0.2, 0.25) is 0 Å². The first kappa shape index (κ1) is 36.4. The van der Waals surface area contributed by atoms with Gasteiger partial charge >= 0.3 is 0 Å². The third kappa shape index (κ3) is 11.1. The van der Waals surface area contributed by atoms with Gasteiger partial charge in [-0.25, -0.2) is 0 Å². The monoisotopic (exact) mass is 625 g/mol. The molecule has 1 atom stereocenters. The van der Waals surface area contributed by atoms with Crippen LogP contribution in [0.15, 0.2) is 90.8 Å². The van der Waals surface area contributed by atoms with Crippen molar-refractivity contribution < 1.29 is 9.59 Å². The van der Waals surface area contributed by atoms with Gasteiger partial charge in [-0.15, -0.1) is 0 Å². The van der Waals surface area contributed by atoms with Crippen molar-refractivity contribution in [3.05, 3.63) is 108 Å². The lowest BCUT2D eigenvalue weighted by Gasteiger charge is -2.34. The van der Waals surface area contributed by atoms with Crippen LogP contribution in [-0.2, 0) is 22.4 Å². The highest BCUT2D eigenvalue weighted by Crippen LogP contribution is 2.25. The maximum absolute atomic E-state index is 13.1.